The number of carbonyl (C=O) groups is 2. The Morgan fingerprint density at radius 3 is 2.69 bits per heavy atom. The van der Waals surface area contributed by atoms with Crippen molar-refractivity contribution in [1.82, 2.24) is 4.98 Å². The van der Waals surface area contributed by atoms with Gasteiger partial charge in [-0.3, -0.25) is 4.79 Å². The molecule has 2 atom stereocenters. The van der Waals surface area contributed by atoms with Crippen LogP contribution in [0, 0.1) is 18.8 Å². The molecule has 1 aromatic heterocycles. The lowest BCUT2D eigenvalue weighted by Crippen LogP contribution is -2.24. The summed E-state index contributed by atoms with van der Waals surface area (Å²) in [5.74, 6) is 0.515. The number of thiazole rings is 1. The van der Waals surface area contributed by atoms with Crippen molar-refractivity contribution in [3.8, 4) is 10.6 Å². The smallest absolute Gasteiger partial charge is 0.344 e. The van der Waals surface area contributed by atoms with E-state index < -0.39 is 5.97 Å². The number of carbonyl (C=O) groups excluding carboxylic acids is 2. The van der Waals surface area contributed by atoms with Gasteiger partial charge in [0, 0.05) is 22.4 Å². The summed E-state index contributed by atoms with van der Waals surface area (Å²) >= 11 is 7.47. The molecule has 5 nitrogen and oxygen atoms in total. The first kappa shape index (κ1) is 20.1. The maximum Gasteiger partial charge on any atom is 0.344 e. The summed E-state index contributed by atoms with van der Waals surface area (Å²) in [6.07, 6.45) is 2.56. The maximum absolute atomic E-state index is 13.2. The highest BCUT2D eigenvalue weighted by atomic mass is 35.5. The van der Waals surface area contributed by atoms with E-state index in [0.29, 0.717) is 23.0 Å². The van der Waals surface area contributed by atoms with Crippen LogP contribution in [-0.2, 0) is 19.1 Å². The summed E-state index contributed by atoms with van der Waals surface area (Å²) in [6, 6.07) is 7.49. The van der Waals surface area contributed by atoms with Crippen LogP contribution in [0.5, 0.6) is 0 Å². The monoisotopic (exact) mass is 431 g/mol. The van der Waals surface area contributed by atoms with Crippen molar-refractivity contribution >= 4 is 40.3 Å². The number of aromatic nitrogens is 1. The van der Waals surface area contributed by atoms with Gasteiger partial charge in [-0.15, -0.1) is 11.3 Å². The number of Topliss-reactive ketones (excluding diaryl/α,β-unsaturated/α-hetero) is 1. The lowest BCUT2D eigenvalue weighted by atomic mass is 9.85. The number of benzene rings is 1. The Labute approximate surface area is 178 Å². The van der Waals surface area contributed by atoms with Crippen LogP contribution in [0.2, 0.25) is 5.02 Å². The van der Waals surface area contributed by atoms with E-state index in [9.17, 15) is 9.59 Å². The minimum Gasteiger partial charge on any atom is -0.485 e. The first-order valence-corrected chi connectivity index (χ1v) is 11.0. The number of aryl methyl sites for hydroxylation is 1. The summed E-state index contributed by atoms with van der Waals surface area (Å²) in [5, 5.41) is 1.50. The number of rotatable bonds is 6. The molecule has 1 saturated carbocycles. The van der Waals surface area contributed by atoms with Crippen LogP contribution in [0.15, 0.2) is 30.0 Å². The van der Waals surface area contributed by atoms with Gasteiger partial charge in [-0.1, -0.05) is 23.7 Å². The second-order valence-electron chi connectivity index (χ2n) is 7.34. The van der Waals surface area contributed by atoms with E-state index in [4.69, 9.17) is 26.1 Å². The third kappa shape index (κ3) is 3.96. The molecule has 1 heterocycles. The minimum absolute atomic E-state index is 0.0328. The van der Waals surface area contributed by atoms with Gasteiger partial charge in [-0.25, -0.2) is 9.78 Å². The van der Waals surface area contributed by atoms with Crippen LogP contribution in [0.3, 0.4) is 0 Å². The number of ether oxygens (including phenoxy) is 2. The molecule has 1 fully saturated rings. The Morgan fingerprint density at radius 1 is 1.24 bits per heavy atom. The van der Waals surface area contributed by atoms with E-state index in [1.165, 1.54) is 11.3 Å². The topological polar surface area (TPSA) is 65.5 Å². The molecule has 152 valence electrons. The summed E-state index contributed by atoms with van der Waals surface area (Å²) < 4.78 is 10.9. The van der Waals surface area contributed by atoms with Gasteiger partial charge in [0.15, 0.2) is 12.4 Å². The Bertz CT molecular complexity index is 979. The predicted molar refractivity (Wildman–Crippen MR) is 113 cm³/mol. The van der Waals surface area contributed by atoms with E-state index >= 15 is 0 Å². The molecule has 1 aromatic carbocycles. The molecule has 29 heavy (non-hydrogen) atoms. The highest BCUT2D eigenvalue weighted by Gasteiger charge is 2.43. The molecule has 0 spiro atoms. The molecule has 0 N–H and O–H groups in total. The number of hydrogen-bond acceptors (Lipinski definition) is 6. The molecule has 2 aromatic rings. The predicted octanol–water partition coefficient (Wildman–Crippen LogP) is 5.06. The van der Waals surface area contributed by atoms with Crippen molar-refractivity contribution in [3.63, 3.8) is 0 Å². The molecule has 0 saturated heterocycles. The molecule has 0 aliphatic heterocycles. The summed E-state index contributed by atoms with van der Waals surface area (Å²) in [4.78, 5) is 30.6. The largest absolute Gasteiger partial charge is 0.485 e. The van der Waals surface area contributed by atoms with Crippen molar-refractivity contribution in [2.45, 2.75) is 33.1 Å². The van der Waals surface area contributed by atoms with Crippen LogP contribution in [0.1, 0.15) is 36.8 Å². The van der Waals surface area contributed by atoms with Gasteiger partial charge in [0.25, 0.3) is 0 Å². The zero-order chi connectivity index (χ0) is 20.5. The van der Waals surface area contributed by atoms with Gasteiger partial charge in [-0.05, 0) is 45.2 Å². The average Bonchev–Trinajstić information content (AvgIpc) is 3.30. The molecule has 4 rings (SSSR count). The number of fused-ring (bicyclic) bond motifs is 2. The zero-order valence-corrected chi connectivity index (χ0v) is 17.9. The number of allylic oxidation sites excluding steroid dienone is 2. The van der Waals surface area contributed by atoms with Crippen molar-refractivity contribution in [2.24, 2.45) is 11.8 Å². The van der Waals surface area contributed by atoms with Crippen LogP contribution >= 0.6 is 22.9 Å². The number of ketones is 1. The van der Waals surface area contributed by atoms with E-state index in [1.807, 2.05) is 31.2 Å². The zero-order valence-electron chi connectivity index (χ0n) is 16.4. The number of halogens is 1. The number of hydrogen-bond donors (Lipinski definition) is 0. The first-order valence-electron chi connectivity index (χ1n) is 9.78. The second-order valence-corrected chi connectivity index (χ2v) is 8.78. The lowest BCUT2D eigenvalue weighted by molar-refractivity contribution is -0.147. The highest BCUT2D eigenvalue weighted by Crippen LogP contribution is 2.48. The normalized spacial score (nSPS) is 20.9. The van der Waals surface area contributed by atoms with Crippen LogP contribution in [-0.4, -0.2) is 30.0 Å². The average molecular weight is 432 g/mol. The number of nitrogens with zero attached hydrogens (tertiary/aromatic N) is 1. The Balaban J connectivity index is 1.73. The Kier molecular flexibility index (Phi) is 5.74. The SMILES string of the molecule is CCOC(=O)COC1=C(c2sc(-c3ccc(Cl)cc3)nc2C)C(=O)[C@H]2CC[C@@H]1C2. The fourth-order valence-corrected chi connectivity index (χ4v) is 5.34. The summed E-state index contributed by atoms with van der Waals surface area (Å²) in [5.41, 5.74) is 2.35. The molecule has 0 unspecified atom stereocenters. The van der Waals surface area contributed by atoms with E-state index in [0.717, 1.165) is 40.4 Å². The fraction of sp³-hybridized carbons (Fsp3) is 0.409. The van der Waals surface area contributed by atoms with Crippen LogP contribution in [0.4, 0.5) is 0 Å². The molecule has 2 aliphatic rings. The summed E-state index contributed by atoms with van der Waals surface area (Å²) in [7, 11) is 0. The maximum atomic E-state index is 13.2. The van der Waals surface area contributed by atoms with Crippen molar-refractivity contribution < 1.29 is 19.1 Å². The van der Waals surface area contributed by atoms with Crippen molar-refractivity contribution in [1.29, 1.82) is 0 Å². The summed E-state index contributed by atoms with van der Waals surface area (Å²) in [6.45, 7) is 3.79. The Morgan fingerprint density at radius 2 is 1.97 bits per heavy atom. The molecule has 2 aliphatic carbocycles. The lowest BCUT2D eigenvalue weighted by Gasteiger charge is -2.25. The van der Waals surface area contributed by atoms with Gasteiger partial charge >= 0.3 is 5.97 Å². The van der Waals surface area contributed by atoms with E-state index in [-0.39, 0.29) is 24.2 Å². The van der Waals surface area contributed by atoms with Crippen molar-refractivity contribution in [3.05, 3.63) is 45.6 Å². The van der Waals surface area contributed by atoms with Gasteiger partial charge in [0.05, 0.1) is 22.8 Å². The minimum atomic E-state index is -0.421. The fourth-order valence-electron chi connectivity index (χ4n) is 4.08. The van der Waals surface area contributed by atoms with Gasteiger partial charge in [-0.2, -0.15) is 0 Å². The van der Waals surface area contributed by atoms with Crippen molar-refractivity contribution in [2.75, 3.05) is 13.2 Å². The molecular formula is C22H22ClNO4S. The third-order valence-electron chi connectivity index (χ3n) is 5.43. The van der Waals surface area contributed by atoms with Gasteiger partial charge < -0.3 is 9.47 Å². The van der Waals surface area contributed by atoms with Crippen LogP contribution < -0.4 is 0 Å². The molecule has 0 radical (unpaired) electrons. The molecule has 2 bridgehead atoms. The third-order valence-corrected chi connectivity index (χ3v) is 6.91. The quantitative estimate of drug-likeness (QED) is 0.598. The molecule has 0 amide bonds. The van der Waals surface area contributed by atoms with Crippen LogP contribution in [0.25, 0.3) is 16.1 Å². The van der Waals surface area contributed by atoms with E-state index in [1.54, 1.807) is 6.92 Å². The second kappa shape index (κ2) is 8.28. The number of esters is 1. The first-order chi connectivity index (χ1) is 14.0. The van der Waals surface area contributed by atoms with Gasteiger partial charge in [0.1, 0.15) is 10.8 Å². The van der Waals surface area contributed by atoms with Gasteiger partial charge in [0.2, 0.25) is 0 Å². The standard InChI is InChI=1S/C22H22ClNO4S/c1-3-27-17(25)11-28-20-15-5-4-14(10-15)19(26)18(20)21-12(2)24-22(29-21)13-6-8-16(23)9-7-13/h6-9,14-15H,3-5,10-11H2,1-2H3/t14-,15+/m0/s1. The molecule has 7 heteroatoms. The Hall–Kier alpha value is -2.18. The highest BCUT2D eigenvalue weighted by molar-refractivity contribution is 7.16. The van der Waals surface area contributed by atoms with E-state index in [2.05, 4.69) is 0 Å². The molecular weight excluding hydrogens is 410 g/mol.